The molecule has 0 atom stereocenters. The van der Waals surface area contributed by atoms with Crippen LogP contribution in [0.5, 0.6) is 0 Å². The molecule has 27 heavy (non-hydrogen) atoms. The Kier molecular flexibility index (Phi) is 4.30. The minimum Gasteiger partial charge on any atom is -0.396 e. The third-order valence-electron chi connectivity index (χ3n) is 4.26. The molecule has 1 heterocycles. The monoisotopic (exact) mass is 349 g/mol. The zero-order valence-corrected chi connectivity index (χ0v) is 14.4. The Morgan fingerprint density at radius 1 is 0.889 bits per heavy atom. The molecule has 128 valence electrons. The molecule has 0 saturated carbocycles. The molecule has 0 aliphatic heterocycles. The fraction of sp³-hybridized carbons (Fsp3) is 0. The van der Waals surface area contributed by atoms with Crippen LogP contribution in [-0.2, 0) is 0 Å². The topological polar surface area (TPSA) is 87.4 Å². The highest BCUT2D eigenvalue weighted by Gasteiger charge is 2.04. The number of nitrogen functional groups attached to an aromatic ring is 1. The van der Waals surface area contributed by atoms with Gasteiger partial charge in [0.15, 0.2) is 0 Å². The van der Waals surface area contributed by atoms with E-state index in [2.05, 4.69) is 21.3 Å². The molecular weight excluding hydrogens is 334 g/mol. The van der Waals surface area contributed by atoms with Crippen molar-refractivity contribution < 1.29 is 0 Å². The minimum absolute atomic E-state index is 0.602. The van der Waals surface area contributed by atoms with E-state index >= 15 is 0 Å². The summed E-state index contributed by atoms with van der Waals surface area (Å²) in [5.74, 6) is 0. The summed E-state index contributed by atoms with van der Waals surface area (Å²) in [5, 5.41) is 19.6. The van der Waals surface area contributed by atoms with Gasteiger partial charge in [-0.25, -0.2) is 0 Å². The molecule has 0 bridgehead atoms. The minimum atomic E-state index is 0.602. The molecule has 0 aliphatic rings. The number of benzene rings is 3. The number of pyridine rings is 1. The molecule has 3 aromatic carbocycles. The molecule has 0 aliphatic carbocycles. The van der Waals surface area contributed by atoms with E-state index in [9.17, 15) is 0 Å². The summed E-state index contributed by atoms with van der Waals surface area (Å²) in [6.07, 6.45) is 1.65. The molecule has 1 aromatic heterocycles. The van der Waals surface area contributed by atoms with E-state index in [1.54, 1.807) is 18.3 Å². The normalized spacial score (nSPS) is 10.9. The van der Waals surface area contributed by atoms with Crippen LogP contribution in [0.2, 0.25) is 0 Å². The number of azo groups is 1. The standard InChI is InChI=1S/C22H15N5/c23-13-15-4-3-6-17(12-15)20-11-9-18(14-25-20)26-27-21-10-8-16-5-1-2-7-19(16)22(21)24/h1-12,14H,24H2. The van der Waals surface area contributed by atoms with Crippen molar-refractivity contribution in [3.63, 3.8) is 0 Å². The first-order chi connectivity index (χ1) is 13.2. The summed E-state index contributed by atoms with van der Waals surface area (Å²) in [6.45, 7) is 0. The predicted molar refractivity (Wildman–Crippen MR) is 107 cm³/mol. The molecule has 0 unspecified atom stereocenters. The molecule has 4 aromatic rings. The lowest BCUT2D eigenvalue weighted by Crippen LogP contribution is -1.87. The van der Waals surface area contributed by atoms with Gasteiger partial charge in [-0.15, -0.1) is 10.2 Å². The number of rotatable bonds is 3. The van der Waals surface area contributed by atoms with Crippen molar-refractivity contribution in [3.8, 4) is 17.3 Å². The van der Waals surface area contributed by atoms with Crippen molar-refractivity contribution in [2.75, 3.05) is 5.73 Å². The van der Waals surface area contributed by atoms with Gasteiger partial charge in [-0.2, -0.15) is 5.26 Å². The van der Waals surface area contributed by atoms with Gasteiger partial charge in [0.25, 0.3) is 0 Å². The fourth-order valence-electron chi connectivity index (χ4n) is 2.85. The Labute approximate surface area is 156 Å². The van der Waals surface area contributed by atoms with Crippen LogP contribution in [0, 0.1) is 11.3 Å². The van der Waals surface area contributed by atoms with Gasteiger partial charge < -0.3 is 5.73 Å². The number of hydrogen-bond donors (Lipinski definition) is 1. The number of nitriles is 1. The third-order valence-corrected chi connectivity index (χ3v) is 4.26. The van der Waals surface area contributed by atoms with E-state index in [-0.39, 0.29) is 0 Å². The van der Waals surface area contributed by atoms with Gasteiger partial charge in [-0.1, -0.05) is 42.5 Å². The average molecular weight is 349 g/mol. The summed E-state index contributed by atoms with van der Waals surface area (Å²) in [7, 11) is 0. The zero-order chi connectivity index (χ0) is 18.6. The van der Waals surface area contributed by atoms with Gasteiger partial charge >= 0.3 is 0 Å². The van der Waals surface area contributed by atoms with Crippen molar-refractivity contribution in [3.05, 3.63) is 84.6 Å². The SMILES string of the molecule is N#Cc1cccc(-c2ccc(N=Nc3ccc4ccccc4c3N)cn2)c1. The van der Waals surface area contributed by atoms with Gasteiger partial charge in [-0.3, -0.25) is 4.98 Å². The van der Waals surface area contributed by atoms with Crippen molar-refractivity contribution in [2.45, 2.75) is 0 Å². The summed E-state index contributed by atoms with van der Waals surface area (Å²) in [4.78, 5) is 4.41. The second-order valence-corrected chi connectivity index (χ2v) is 6.01. The van der Waals surface area contributed by atoms with Gasteiger partial charge in [-0.05, 0) is 35.7 Å². The lowest BCUT2D eigenvalue weighted by atomic mass is 10.1. The molecule has 0 spiro atoms. The molecular formula is C22H15N5. The second kappa shape index (κ2) is 7.06. The largest absolute Gasteiger partial charge is 0.396 e. The molecule has 5 heteroatoms. The van der Waals surface area contributed by atoms with Crippen LogP contribution < -0.4 is 5.73 Å². The van der Waals surface area contributed by atoms with Crippen molar-refractivity contribution in [1.29, 1.82) is 5.26 Å². The van der Waals surface area contributed by atoms with Crippen LogP contribution in [0.25, 0.3) is 22.0 Å². The van der Waals surface area contributed by atoms with Crippen LogP contribution in [-0.4, -0.2) is 4.98 Å². The van der Waals surface area contributed by atoms with Crippen LogP contribution in [0.15, 0.2) is 89.2 Å². The molecule has 5 nitrogen and oxygen atoms in total. The van der Waals surface area contributed by atoms with Gasteiger partial charge in [0.05, 0.1) is 29.2 Å². The number of fused-ring (bicyclic) bond motifs is 1. The Balaban J connectivity index is 1.60. The summed E-state index contributed by atoms with van der Waals surface area (Å²) >= 11 is 0. The van der Waals surface area contributed by atoms with Crippen LogP contribution in [0.3, 0.4) is 0 Å². The van der Waals surface area contributed by atoms with Crippen LogP contribution in [0.1, 0.15) is 5.56 Å². The lowest BCUT2D eigenvalue weighted by Gasteiger charge is -2.04. The molecule has 4 rings (SSSR count). The first kappa shape index (κ1) is 16.4. The fourth-order valence-corrected chi connectivity index (χ4v) is 2.85. The molecule has 0 amide bonds. The zero-order valence-electron chi connectivity index (χ0n) is 14.4. The first-order valence-corrected chi connectivity index (χ1v) is 8.40. The molecule has 0 radical (unpaired) electrons. The Morgan fingerprint density at radius 2 is 1.78 bits per heavy atom. The lowest BCUT2D eigenvalue weighted by molar-refractivity contribution is 1.20. The van der Waals surface area contributed by atoms with E-state index in [4.69, 9.17) is 11.0 Å². The Bertz CT molecular complexity index is 1190. The van der Waals surface area contributed by atoms with Crippen LogP contribution in [0.4, 0.5) is 17.1 Å². The van der Waals surface area contributed by atoms with E-state index in [1.165, 1.54) is 0 Å². The summed E-state index contributed by atoms with van der Waals surface area (Å²) in [6, 6.07) is 24.9. The van der Waals surface area contributed by atoms with Gasteiger partial charge in [0.1, 0.15) is 11.4 Å². The average Bonchev–Trinajstić information content (AvgIpc) is 2.74. The van der Waals surface area contributed by atoms with Crippen LogP contribution >= 0.6 is 0 Å². The number of nitrogens with zero attached hydrogens (tertiary/aromatic N) is 4. The van der Waals surface area contributed by atoms with Crippen molar-refractivity contribution in [1.82, 2.24) is 4.98 Å². The number of anilines is 1. The molecule has 2 N–H and O–H groups in total. The second-order valence-electron chi connectivity index (χ2n) is 6.01. The van der Waals surface area contributed by atoms with E-state index in [0.29, 0.717) is 22.6 Å². The number of aromatic nitrogens is 1. The Hall–Kier alpha value is -4.04. The summed E-state index contributed by atoms with van der Waals surface area (Å²) < 4.78 is 0. The quantitative estimate of drug-likeness (QED) is 0.376. The maximum Gasteiger partial charge on any atom is 0.109 e. The molecule has 0 saturated heterocycles. The maximum absolute atomic E-state index is 9.01. The molecule has 0 fully saturated rings. The highest BCUT2D eigenvalue weighted by Crippen LogP contribution is 2.32. The van der Waals surface area contributed by atoms with E-state index < -0.39 is 0 Å². The van der Waals surface area contributed by atoms with Crippen molar-refractivity contribution >= 4 is 27.8 Å². The van der Waals surface area contributed by atoms with Gasteiger partial charge in [0, 0.05) is 10.9 Å². The van der Waals surface area contributed by atoms with Gasteiger partial charge in [0.2, 0.25) is 0 Å². The number of hydrogen-bond acceptors (Lipinski definition) is 5. The highest BCUT2D eigenvalue weighted by molar-refractivity contribution is 5.97. The predicted octanol–water partition coefficient (Wildman–Crippen LogP) is 5.77. The highest BCUT2D eigenvalue weighted by atomic mass is 15.1. The third kappa shape index (κ3) is 3.37. The smallest absolute Gasteiger partial charge is 0.109 e. The van der Waals surface area contributed by atoms with E-state index in [0.717, 1.165) is 22.0 Å². The maximum atomic E-state index is 9.01. The first-order valence-electron chi connectivity index (χ1n) is 8.40. The Morgan fingerprint density at radius 3 is 2.59 bits per heavy atom. The summed E-state index contributed by atoms with van der Waals surface area (Å²) in [5.41, 5.74) is 10.3. The van der Waals surface area contributed by atoms with E-state index in [1.807, 2.05) is 60.7 Å². The van der Waals surface area contributed by atoms with Crippen molar-refractivity contribution in [2.24, 2.45) is 10.2 Å². The number of nitrogens with two attached hydrogens (primary N) is 1.